The van der Waals surface area contributed by atoms with Crippen LogP contribution in [-0.4, -0.2) is 65.0 Å². The molecule has 1 amide bonds. The van der Waals surface area contributed by atoms with Crippen LogP contribution in [0.3, 0.4) is 0 Å². The summed E-state index contributed by atoms with van der Waals surface area (Å²) in [6.45, 7) is 26.1. The summed E-state index contributed by atoms with van der Waals surface area (Å²) in [5, 5.41) is 1.99. The first-order chi connectivity index (χ1) is 25.6. The fraction of sp³-hybridized carbons (Fsp3) is 0.581. The number of thioether (sulfide) groups is 1. The minimum atomic E-state index is -0.129. The summed E-state index contributed by atoms with van der Waals surface area (Å²) >= 11 is 13.6. The number of halogens is 2. The number of carbonyl (C=O) groups is 2. The lowest BCUT2D eigenvalue weighted by Crippen LogP contribution is -2.45. The number of aryl methyl sites for hydroxylation is 1. The van der Waals surface area contributed by atoms with Crippen molar-refractivity contribution in [2.45, 2.75) is 131 Å². The second-order valence-corrected chi connectivity index (χ2v) is 14.4. The molecule has 2 fully saturated rings. The van der Waals surface area contributed by atoms with Gasteiger partial charge in [-0.3, -0.25) is 14.2 Å². The van der Waals surface area contributed by atoms with Crippen molar-refractivity contribution in [3.63, 3.8) is 0 Å². The van der Waals surface area contributed by atoms with E-state index in [0.29, 0.717) is 16.4 Å². The SMILES string of the molecule is C=O.CC.CC.CC.CC/C(=C\C(C)Cl)n1c(SC)nc2cc(C)ccc2c1=O.CCCCCC(=O)N1CCC2(CCCN(c3ccc(Cl)cc3)C2)C1. The first-order valence-electron chi connectivity index (χ1n) is 19.6. The number of hydrogen-bond acceptors (Lipinski definition) is 6. The number of unbranched alkanes of at least 4 members (excludes halogenated alkanes) is 2. The van der Waals surface area contributed by atoms with Gasteiger partial charge in [-0.2, -0.15) is 0 Å². The van der Waals surface area contributed by atoms with Gasteiger partial charge in [0.05, 0.1) is 16.3 Å². The zero-order chi connectivity index (χ0) is 40.6. The molecular formula is C43H68Cl2N4O3S. The number of rotatable bonds is 9. The molecule has 0 N–H and O–H groups in total. The van der Waals surface area contributed by atoms with Crippen LogP contribution in [0, 0.1) is 12.3 Å². The minimum Gasteiger partial charge on any atom is -0.371 e. The third-order valence-electron chi connectivity index (χ3n) is 8.89. The van der Waals surface area contributed by atoms with Crippen molar-refractivity contribution in [3.8, 4) is 0 Å². The molecule has 2 aliphatic rings. The highest BCUT2D eigenvalue weighted by molar-refractivity contribution is 7.98. The number of amides is 1. The fourth-order valence-corrected chi connectivity index (χ4v) is 7.37. The van der Waals surface area contributed by atoms with Gasteiger partial charge < -0.3 is 14.6 Å². The van der Waals surface area contributed by atoms with Crippen molar-refractivity contribution < 1.29 is 9.59 Å². The van der Waals surface area contributed by atoms with Crippen LogP contribution in [0.2, 0.25) is 5.02 Å². The number of piperidine rings is 1. The molecule has 2 atom stereocenters. The number of alkyl halides is 1. The first kappa shape index (κ1) is 50.2. The lowest BCUT2D eigenvalue weighted by molar-refractivity contribution is -0.130. The molecule has 0 aliphatic carbocycles. The Bertz CT molecular complexity index is 1560. The zero-order valence-corrected chi connectivity index (χ0v) is 36.9. The summed E-state index contributed by atoms with van der Waals surface area (Å²) in [5.41, 5.74) is 4.25. The Morgan fingerprint density at radius 1 is 0.981 bits per heavy atom. The lowest BCUT2D eigenvalue weighted by atomic mass is 9.79. The Morgan fingerprint density at radius 2 is 1.62 bits per heavy atom. The predicted octanol–water partition coefficient (Wildman–Crippen LogP) is 11.9. The van der Waals surface area contributed by atoms with E-state index in [1.165, 1.54) is 36.7 Å². The molecule has 53 heavy (non-hydrogen) atoms. The molecule has 1 aromatic heterocycles. The second-order valence-electron chi connectivity index (χ2n) is 12.5. The largest absolute Gasteiger partial charge is 0.371 e. The molecule has 2 aromatic carbocycles. The highest BCUT2D eigenvalue weighted by atomic mass is 35.5. The van der Waals surface area contributed by atoms with Gasteiger partial charge in [0.1, 0.15) is 6.79 Å². The molecule has 0 radical (unpaired) electrons. The quantitative estimate of drug-likeness (QED) is 0.0930. The van der Waals surface area contributed by atoms with E-state index >= 15 is 0 Å². The van der Waals surface area contributed by atoms with E-state index in [0.717, 1.165) is 80.1 Å². The van der Waals surface area contributed by atoms with Gasteiger partial charge in [-0.1, -0.05) is 97.7 Å². The van der Waals surface area contributed by atoms with Crippen LogP contribution in [0.25, 0.3) is 16.6 Å². The van der Waals surface area contributed by atoms with Crippen molar-refractivity contribution >= 4 is 69.9 Å². The molecule has 2 aliphatic heterocycles. The summed E-state index contributed by atoms with van der Waals surface area (Å²) in [6, 6.07) is 13.9. The summed E-state index contributed by atoms with van der Waals surface area (Å²) in [5.74, 6) is 0.365. The van der Waals surface area contributed by atoms with E-state index < -0.39 is 0 Å². The molecule has 0 saturated carbocycles. The zero-order valence-electron chi connectivity index (χ0n) is 34.6. The molecule has 3 aromatic rings. The normalized spacial score (nSPS) is 16.7. The third-order valence-corrected chi connectivity index (χ3v) is 9.90. The van der Waals surface area contributed by atoms with Gasteiger partial charge >= 0.3 is 0 Å². The van der Waals surface area contributed by atoms with E-state index in [4.69, 9.17) is 28.0 Å². The number of nitrogens with zero attached hydrogens (tertiary/aromatic N) is 4. The number of benzene rings is 2. The number of aromatic nitrogens is 2. The lowest BCUT2D eigenvalue weighted by Gasteiger charge is -2.41. The van der Waals surface area contributed by atoms with E-state index in [1.807, 2.05) is 112 Å². The van der Waals surface area contributed by atoms with Crippen molar-refractivity contribution in [1.82, 2.24) is 14.5 Å². The fourth-order valence-electron chi connectivity index (χ4n) is 6.53. The molecule has 5 rings (SSSR count). The van der Waals surface area contributed by atoms with Crippen molar-refractivity contribution in [2.24, 2.45) is 5.41 Å². The van der Waals surface area contributed by atoms with E-state index in [2.05, 4.69) is 33.8 Å². The number of allylic oxidation sites excluding steroid dienone is 2. The predicted molar refractivity (Wildman–Crippen MR) is 234 cm³/mol. The average Bonchev–Trinajstić information content (AvgIpc) is 3.60. The average molecular weight is 792 g/mol. The summed E-state index contributed by atoms with van der Waals surface area (Å²) in [6.07, 6.45) is 12.3. The molecule has 1 spiro atoms. The van der Waals surface area contributed by atoms with Crippen LogP contribution >= 0.6 is 35.0 Å². The van der Waals surface area contributed by atoms with Gasteiger partial charge in [0.15, 0.2) is 5.16 Å². The number of anilines is 1. The van der Waals surface area contributed by atoms with Crippen LogP contribution in [0.15, 0.2) is 58.5 Å². The number of hydrogen-bond donors (Lipinski definition) is 0. The Labute approximate surface area is 335 Å². The third kappa shape index (κ3) is 15.5. The standard InChI is InChI=1S/C20H29ClN2O.C16H19ClN2OS.3C2H6.CH2O/c1-2-3-4-6-19(24)23-14-12-20(16-23)11-5-13-22(15-20)18-9-7-17(21)8-10-18;1-5-12(9-11(3)17)19-15(20)13-7-6-10(2)8-14(13)18-16(19)21-4;4*1-2/h7-10H,2-6,11-16H2,1H3;6-9,11H,5H2,1-4H3;3*1-2H3;1H2/b;12-9+;;;;. The molecule has 2 saturated heterocycles. The number of fused-ring (bicyclic) bond motifs is 1. The summed E-state index contributed by atoms with van der Waals surface area (Å²) in [7, 11) is 0. The Kier molecular flexibility index (Phi) is 26.3. The van der Waals surface area contributed by atoms with Gasteiger partial charge in [-0.25, -0.2) is 4.98 Å². The van der Waals surface area contributed by atoms with Gasteiger partial charge in [0, 0.05) is 54.4 Å². The summed E-state index contributed by atoms with van der Waals surface area (Å²) < 4.78 is 1.68. The number of carbonyl (C=O) groups excluding carboxylic acids is 2. The Balaban J connectivity index is 0.000000864. The van der Waals surface area contributed by atoms with Crippen LogP contribution < -0.4 is 10.5 Å². The van der Waals surface area contributed by atoms with Gasteiger partial charge in [0.25, 0.3) is 5.56 Å². The van der Waals surface area contributed by atoms with E-state index in [1.54, 1.807) is 4.57 Å². The maximum Gasteiger partial charge on any atom is 0.266 e. The Hall–Kier alpha value is -2.81. The first-order valence-corrected chi connectivity index (χ1v) is 21.6. The highest BCUT2D eigenvalue weighted by Crippen LogP contribution is 2.40. The highest BCUT2D eigenvalue weighted by Gasteiger charge is 2.42. The smallest absolute Gasteiger partial charge is 0.266 e. The molecule has 0 bridgehead atoms. The number of likely N-dealkylation sites (tertiary alicyclic amines) is 1. The van der Waals surface area contributed by atoms with Crippen molar-refractivity contribution in [2.75, 3.05) is 37.3 Å². The summed E-state index contributed by atoms with van der Waals surface area (Å²) in [4.78, 5) is 42.5. The molecule has 2 unspecified atom stereocenters. The van der Waals surface area contributed by atoms with Crippen molar-refractivity contribution in [3.05, 3.63) is 69.5 Å². The van der Waals surface area contributed by atoms with Crippen LogP contribution in [-0.2, 0) is 9.59 Å². The maximum atomic E-state index is 12.8. The molecule has 298 valence electrons. The molecule has 3 heterocycles. The molecular weight excluding hydrogens is 723 g/mol. The van der Waals surface area contributed by atoms with Gasteiger partial charge in [-0.15, -0.1) is 11.6 Å². The van der Waals surface area contributed by atoms with Crippen LogP contribution in [0.5, 0.6) is 0 Å². The van der Waals surface area contributed by atoms with Gasteiger partial charge in [-0.05, 0) is 100 Å². The Morgan fingerprint density at radius 3 is 2.19 bits per heavy atom. The second kappa shape index (κ2) is 27.7. The van der Waals surface area contributed by atoms with Crippen LogP contribution in [0.1, 0.15) is 119 Å². The molecule has 10 heteroatoms. The topological polar surface area (TPSA) is 75.5 Å². The van der Waals surface area contributed by atoms with Gasteiger partial charge in [0.2, 0.25) is 5.91 Å². The monoisotopic (exact) mass is 790 g/mol. The van der Waals surface area contributed by atoms with E-state index in [9.17, 15) is 9.59 Å². The van der Waals surface area contributed by atoms with Crippen LogP contribution in [0.4, 0.5) is 5.69 Å². The maximum absolute atomic E-state index is 12.8. The molecule has 7 nitrogen and oxygen atoms in total. The van der Waals surface area contributed by atoms with E-state index in [-0.39, 0.29) is 16.4 Å². The van der Waals surface area contributed by atoms with Crippen molar-refractivity contribution in [1.29, 1.82) is 0 Å². The minimum absolute atomic E-state index is 0.0326.